The van der Waals surface area contributed by atoms with Gasteiger partial charge in [0.05, 0.1) is 24.0 Å². The SMILES string of the molecule is COC(=O)Cn1cc(NC(=O)c2sccc2Cl)cn1. The molecule has 1 N–H and O–H groups in total. The average molecular weight is 300 g/mol. The Morgan fingerprint density at radius 1 is 1.58 bits per heavy atom. The molecule has 0 saturated carbocycles. The van der Waals surface area contributed by atoms with Crippen molar-refractivity contribution in [1.82, 2.24) is 9.78 Å². The molecule has 8 heteroatoms. The predicted molar refractivity (Wildman–Crippen MR) is 71.5 cm³/mol. The van der Waals surface area contributed by atoms with E-state index in [1.165, 1.54) is 35.5 Å². The molecule has 6 nitrogen and oxygen atoms in total. The van der Waals surface area contributed by atoms with E-state index in [2.05, 4.69) is 15.2 Å². The van der Waals surface area contributed by atoms with Gasteiger partial charge in [-0.15, -0.1) is 11.3 Å². The van der Waals surface area contributed by atoms with Crippen molar-refractivity contribution in [3.63, 3.8) is 0 Å². The Hall–Kier alpha value is -1.86. The number of hydrogen-bond donors (Lipinski definition) is 1. The quantitative estimate of drug-likeness (QED) is 0.877. The number of carbonyl (C=O) groups excluding carboxylic acids is 2. The summed E-state index contributed by atoms with van der Waals surface area (Å²) in [6.45, 7) is -0.00781. The van der Waals surface area contributed by atoms with E-state index in [1.54, 1.807) is 11.4 Å². The molecule has 2 aromatic rings. The fraction of sp³-hybridized carbons (Fsp3) is 0.182. The highest BCUT2D eigenvalue weighted by molar-refractivity contribution is 7.12. The number of ether oxygens (including phenoxy) is 1. The molecule has 2 aromatic heterocycles. The molecule has 0 radical (unpaired) electrons. The summed E-state index contributed by atoms with van der Waals surface area (Å²) in [4.78, 5) is 23.4. The first kappa shape index (κ1) is 13.6. The molecule has 0 aliphatic rings. The van der Waals surface area contributed by atoms with Crippen LogP contribution in [0.25, 0.3) is 0 Å². The van der Waals surface area contributed by atoms with E-state index >= 15 is 0 Å². The summed E-state index contributed by atoms with van der Waals surface area (Å²) >= 11 is 7.11. The molecule has 0 unspecified atom stereocenters. The third-order valence-electron chi connectivity index (χ3n) is 2.23. The van der Waals surface area contributed by atoms with Crippen molar-refractivity contribution >= 4 is 40.5 Å². The lowest BCUT2D eigenvalue weighted by Gasteiger charge is -2.00. The molecule has 0 saturated heterocycles. The number of halogens is 1. The van der Waals surface area contributed by atoms with E-state index < -0.39 is 5.97 Å². The molecule has 0 aliphatic carbocycles. The first-order valence-corrected chi connectivity index (χ1v) is 6.49. The van der Waals surface area contributed by atoms with Gasteiger partial charge in [0.1, 0.15) is 11.4 Å². The molecule has 2 heterocycles. The normalized spacial score (nSPS) is 10.2. The van der Waals surface area contributed by atoms with Crippen LogP contribution < -0.4 is 5.32 Å². The van der Waals surface area contributed by atoms with Gasteiger partial charge < -0.3 is 10.1 Å². The zero-order chi connectivity index (χ0) is 13.8. The number of thiophene rings is 1. The maximum Gasteiger partial charge on any atom is 0.327 e. The van der Waals surface area contributed by atoms with Crippen molar-refractivity contribution in [2.24, 2.45) is 0 Å². The molecule has 1 amide bonds. The minimum atomic E-state index is -0.415. The zero-order valence-corrected chi connectivity index (χ0v) is 11.5. The van der Waals surface area contributed by atoms with Crippen LogP contribution in [0.5, 0.6) is 0 Å². The largest absolute Gasteiger partial charge is 0.468 e. The minimum absolute atomic E-state index is 0.00781. The van der Waals surface area contributed by atoms with Gasteiger partial charge in [0, 0.05) is 6.20 Å². The lowest BCUT2D eigenvalue weighted by molar-refractivity contribution is -0.141. The van der Waals surface area contributed by atoms with Gasteiger partial charge in [0.15, 0.2) is 0 Å². The lowest BCUT2D eigenvalue weighted by atomic mass is 10.4. The maximum atomic E-state index is 11.9. The topological polar surface area (TPSA) is 73.2 Å². The van der Waals surface area contributed by atoms with Gasteiger partial charge in [-0.05, 0) is 11.4 Å². The molecule has 0 aromatic carbocycles. The van der Waals surface area contributed by atoms with Gasteiger partial charge in [-0.2, -0.15) is 5.10 Å². The lowest BCUT2D eigenvalue weighted by Crippen LogP contribution is -2.12. The summed E-state index contributed by atoms with van der Waals surface area (Å²) in [5, 5.41) is 8.72. The second-order valence-corrected chi connectivity index (χ2v) is 4.88. The highest BCUT2D eigenvalue weighted by Gasteiger charge is 2.13. The summed E-state index contributed by atoms with van der Waals surface area (Å²) in [6, 6.07) is 1.65. The van der Waals surface area contributed by atoms with Crippen molar-refractivity contribution in [3.8, 4) is 0 Å². The van der Waals surface area contributed by atoms with E-state index in [0.717, 1.165) is 0 Å². The Morgan fingerprint density at radius 2 is 2.37 bits per heavy atom. The standard InChI is InChI=1S/C11H10ClN3O3S/c1-18-9(16)6-15-5-7(4-13-15)14-11(17)10-8(12)2-3-19-10/h2-5H,6H2,1H3,(H,14,17). The van der Waals surface area contributed by atoms with Crippen molar-refractivity contribution in [3.05, 3.63) is 33.7 Å². The Bertz CT molecular complexity index is 608. The average Bonchev–Trinajstić information content (AvgIpc) is 2.98. The highest BCUT2D eigenvalue weighted by atomic mass is 35.5. The molecule has 19 heavy (non-hydrogen) atoms. The summed E-state index contributed by atoms with van der Waals surface area (Å²) in [5.74, 6) is -0.722. The summed E-state index contributed by atoms with van der Waals surface area (Å²) in [7, 11) is 1.30. The van der Waals surface area contributed by atoms with E-state index in [4.69, 9.17) is 11.6 Å². The van der Waals surface area contributed by atoms with Crippen LogP contribution in [0.3, 0.4) is 0 Å². The van der Waals surface area contributed by atoms with E-state index in [9.17, 15) is 9.59 Å². The van der Waals surface area contributed by atoms with Crippen LogP contribution in [0.1, 0.15) is 9.67 Å². The number of hydrogen-bond acceptors (Lipinski definition) is 5. The highest BCUT2D eigenvalue weighted by Crippen LogP contribution is 2.23. The minimum Gasteiger partial charge on any atom is -0.468 e. The van der Waals surface area contributed by atoms with Crippen molar-refractivity contribution < 1.29 is 14.3 Å². The van der Waals surface area contributed by atoms with Gasteiger partial charge in [-0.3, -0.25) is 14.3 Å². The number of esters is 1. The maximum absolute atomic E-state index is 11.9. The van der Waals surface area contributed by atoms with E-state index in [-0.39, 0.29) is 12.5 Å². The number of methoxy groups -OCH3 is 1. The molecular weight excluding hydrogens is 290 g/mol. The first-order valence-electron chi connectivity index (χ1n) is 5.23. The number of amides is 1. The smallest absolute Gasteiger partial charge is 0.327 e. The van der Waals surface area contributed by atoms with Crippen LogP contribution in [0.4, 0.5) is 5.69 Å². The Kier molecular flexibility index (Phi) is 4.18. The summed E-state index contributed by atoms with van der Waals surface area (Å²) < 4.78 is 5.89. The number of anilines is 1. The Labute approximate surface area is 117 Å². The fourth-order valence-electron chi connectivity index (χ4n) is 1.36. The number of rotatable bonds is 4. The number of carbonyl (C=O) groups is 2. The van der Waals surface area contributed by atoms with Crippen molar-refractivity contribution in [2.45, 2.75) is 6.54 Å². The summed E-state index contributed by atoms with van der Waals surface area (Å²) in [6.07, 6.45) is 2.98. The number of nitrogens with one attached hydrogen (secondary N) is 1. The van der Waals surface area contributed by atoms with Gasteiger partial charge in [0.25, 0.3) is 5.91 Å². The third-order valence-corrected chi connectivity index (χ3v) is 3.57. The molecular formula is C11H10ClN3O3S. The van der Waals surface area contributed by atoms with Gasteiger partial charge in [-0.25, -0.2) is 0 Å². The molecule has 2 rings (SSSR count). The second-order valence-electron chi connectivity index (χ2n) is 3.55. The van der Waals surface area contributed by atoms with Crippen LogP contribution >= 0.6 is 22.9 Å². The molecule has 100 valence electrons. The molecule has 0 aliphatic heterocycles. The number of nitrogens with zero attached hydrogens (tertiary/aromatic N) is 2. The fourth-order valence-corrected chi connectivity index (χ4v) is 2.39. The molecule has 0 fully saturated rings. The van der Waals surface area contributed by atoms with E-state index in [1.807, 2.05) is 0 Å². The van der Waals surface area contributed by atoms with Crippen LogP contribution in [0.2, 0.25) is 5.02 Å². The van der Waals surface area contributed by atoms with Crippen LogP contribution in [0, 0.1) is 0 Å². The Morgan fingerprint density at radius 3 is 3.00 bits per heavy atom. The Balaban J connectivity index is 2.02. The summed E-state index contributed by atoms with van der Waals surface area (Å²) in [5.41, 5.74) is 0.485. The van der Waals surface area contributed by atoms with Gasteiger partial charge in [-0.1, -0.05) is 11.6 Å². The van der Waals surface area contributed by atoms with Crippen LogP contribution in [0.15, 0.2) is 23.8 Å². The van der Waals surface area contributed by atoms with E-state index in [0.29, 0.717) is 15.6 Å². The monoisotopic (exact) mass is 299 g/mol. The second kappa shape index (κ2) is 5.85. The van der Waals surface area contributed by atoms with Gasteiger partial charge >= 0.3 is 5.97 Å². The molecule has 0 bridgehead atoms. The van der Waals surface area contributed by atoms with Crippen molar-refractivity contribution in [1.29, 1.82) is 0 Å². The van der Waals surface area contributed by atoms with Crippen LogP contribution in [-0.2, 0) is 16.1 Å². The molecule has 0 atom stereocenters. The zero-order valence-electron chi connectivity index (χ0n) is 9.92. The predicted octanol–water partition coefficient (Wildman–Crippen LogP) is 2.02. The first-order chi connectivity index (χ1) is 9.10. The third kappa shape index (κ3) is 3.33. The molecule has 0 spiro atoms. The van der Waals surface area contributed by atoms with Gasteiger partial charge in [0.2, 0.25) is 0 Å². The number of aromatic nitrogens is 2. The van der Waals surface area contributed by atoms with Crippen molar-refractivity contribution in [2.75, 3.05) is 12.4 Å². The van der Waals surface area contributed by atoms with Crippen LogP contribution in [-0.4, -0.2) is 28.8 Å².